The van der Waals surface area contributed by atoms with Crippen LogP contribution in [-0.2, 0) is 15.6 Å². The molecule has 0 aromatic rings. The van der Waals surface area contributed by atoms with Crippen LogP contribution in [-0.4, -0.2) is 21.0 Å². The van der Waals surface area contributed by atoms with Crippen LogP contribution in [0.25, 0.3) is 0 Å². The van der Waals surface area contributed by atoms with Gasteiger partial charge in [0.15, 0.2) is 0 Å². The number of Topliss-reactive ketones (excluding diaryl/α,β-unsaturated/α-hetero) is 1. The summed E-state index contributed by atoms with van der Waals surface area (Å²) >= 11 is 0. The number of rotatable bonds is 3. The molecule has 0 amide bonds. The van der Waals surface area contributed by atoms with Gasteiger partial charge < -0.3 is 0 Å². The highest BCUT2D eigenvalue weighted by atomic mass is 32.2. The van der Waals surface area contributed by atoms with Crippen LogP contribution in [0.1, 0.15) is 32.6 Å². The van der Waals surface area contributed by atoms with Gasteiger partial charge in [-0.05, 0) is 19.3 Å². The Morgan fingerprint density at radius 3 is 2.82 bits per heavy atom. The summed E-state index contributed by atoms with van der Waals surface area (Å²) < 4.78 is 11.3. The van der Waals surface area contributed by atoms with Gasteiger partial charge in [-0.2, -0.15) is 0 Å². The van der Waals surface area contributed by atoms with Crippen molar-refractivity contribution in [3.8, 4) is 0 Å². The van der Waals surface area contributed by atoms with E-state index >= 15 is 0 Å². The van der Waals surface area contributed by atoms with E-state index in [1.807, 2.05) is 6.92 Å². The van der Waals surface area contributed by atoms with Crippen LogP contribution in [0.4, 0.5) is 0 Å². The van der Waals surface area contributed by atoms with Crippen molar-refractivity contribution in [1.82, 2.24) is 0 Å². The van der Waals surface area contributed by atoms with Crippen molar-refractivity contribution in [2.45, 2.75) is 37.9 Å². The lowest BCUT2D eigenvalue weighted by Crippen LogP contribution is -2.21. The first-order valence-electron chi connectivity index (χ1n) is 4.15. The molecule has 1 saturated carbocycles. The molecule has 0 bridgehead atoms. The second-order valence-electron chi connectivity index (χ2n) is 2.93. The van der Waals surface area contributed by atoms with Gasteiger partial charge in [0.1, 0.15) is 5.78 Å². The van der Waals surface area contributed by atoms with Gasteiger partial charge in [0.25, 0.3) is 0 Å². The molecule has 0 aromatic carbocycles. The van der Waals surface area contributed by atoms with Gasteiger partial charge in [0.05, 0.1) is 5.25 Å². The molecule has 2 nitrogen and oxygen atoms in total. The van der Waals surface area contributed by atoms with Crippen LogP contribution < -0.4 is 0 Å². The number of ketones is 1. The molecule has 0 radical (unpaired) electrons. The summed E-state index contributed by atoms with van der Waals surface area (Å²) in [6, 6.07) is 0. The molecule has 0 saturated heterocycles. The summed E-state index contributed by atoms with van der Waals surface area (Å²) in [6.07, 6.45) is 3.36. The third-order valence-corrected chi connectivity index (χ3v) is 3.92. The van der Waals surface area contributed by atoms with Crippen LogP contribution >= 0.6 is 0 Å². The van der Waals surface area contributed by atoms with Crippen molar-refractivity contribution < 1.29 is 9.00 Å². The smallest absolute Gasteiger partial charge is 0.148 e. The fourth-order valence-electron chi connectivity index (χ4n) is 1.41. The first-order chi connectivity index (χ1) is 5.25. The van der Waals surface area contributed by atoms with Crippen molar-refractivity contribution in [1.29, 1.82) is 0 Å². The Labute approximate surface area is 69.8 Å². The Morgan fingerprint density at radius 2 is 2.36 bits per heavy atom. The number of hydrogen-bond acceptors (Lipinski definition) is 2. The van der Waals surface area contributed by atoms with Gasteiger partial charge in [-0.3, -0.25) is 9.00 Å². The predicted octanol–water partition coefficient (Wildman–Crippen LogP) is 1.27. The average Bonchev–Trinajstić information content (AvgIpc) is 2.36. The Kier molecular flexibility index (Phi) is 3.24. The summed E-state index contributed by atoms with van der Waals surface area (Å²) in [5.74, 6) is 0.910. The maximum absolute atomic E-state index is 11.3. The third-order valence-electron chi connectivity index (χ3n) is 1.97. The first kappa shape index (κ1) is 8.91. The molecule has 1 fully saturated rings. The largest absolute Gasteiger partial charge is 0.298 e. The van der Waals surface area contributed by atoms with Crippen LogP contribution in [0.15, 0.2) is 0 Å². The number of hydrogen-bond donors (Lipinski definition) is 0. The van der Waals surface area contributed by atoms with Gasteiger partial charge in [0, 0.05) is 23.0 Å². The molecule has 2 unspecified atom stereocenters. The lowest BCUT2D eigenvalue weighted by atomic mass is 10.3. The highest BCUT2D eigenvalue weighted by Gasteiger charge is 2.28. The van der Waals surface area contributed by atoms with Gasteiger partial charge in [-0.25, -0.2) is 0 Å². The van der Waals surface area contributed by atoms with Crippen molar-refractivity contribution in [2.24, 2.45) is 0 Å². The van der Waals surface area contributed by atoms with Gasteiger partial charge >= 0.3 is 0 Å². The van der Waals surface area contributed by atoms with Gasteiger partial charge in [-0.1, -0.05) is 6.92 Å². The Hall–Kier alpha value is -0.180. The van der Waals surface area contributed by atoms with E-state index in [2.05, 4.69) is 0 Å². The standard InChI is InChI=1S/C8H14O2S/c1-2-6-11(10)8-5-3-4-7(8)9/h8H,2-6H2,1H3. The molecule has 0 heterocycles. The molecule has 3 heteroatoms. The molecule has 0 aromatic heterocycles. The molecule has 1 aliphatic carbocycles. The monoisotopic (exact) mass is 174 g/mol. The van der Waals surface area contributed by atoms with Gasteiger partial charge in [0.2, 0.25) is 0 Å². The van der Waals surface area contributed by atoms with Crippen molar-refractivity contribution in [3.05, 3.63) is 0 Å². The highest BCUT2D eigenvalue weighted by Crippen LogP contribution is 2.19. The third kappa shape index (κ3) is 2.12. The second-order valence-corrected chi connectivity index (χ2v) is 4.67. The minimum Gasteiger partial charge on any atom is -0.298 e. The highest BCUT2D eigenvalue weighted by molar-refractivity contribution is 7.86. The summed E-state index contributed by atoms with van der Waals surface area (Å²) in [4.78, 5) is 11.1. The van der Waals surface area contributed by atoms with E-state index in [4.69, 9.17) is 0 Å². The Balaban J connectivity index is 2.46. The van der Waals surface area contributed by atoms with E-state index in [1.165, 1.54) is 0 Å². The maximum Gasteiger partial charge on any atom is 0.148 e. The van der Waals surface area contributed by atoms with E-state index in [9.17, 15) is 9.00 Å². The molecular weight excluding hydrogens is 160 g/mol. The normalized spacial score (nSPS) is 27.4. The molecule has 0 spiro atoms. The van der Waals surface area contributed by atoms with E-state index in [0.29, 0.717) is 12.2 Å². The van der Waals surface area contributed by atoms with Crippen molar-refractivity contribution in [2.75, 3.05) is 5.75 Å². The molecule has 0 N–H and O–H groups in total. The van der Waals surface area contributed by atoms with Crippen LogP contribution in [0, 0.1) is 0 Å². The second kappa shape index (κ2) is 4.00. The summed E-state index contributed by atoms with van der Waals surface area (Å²) in [6.45, 7) is 2.00. The zero-order chi connectivity index (χ0) is 8.27. The molecule has 2 atom stereocenters. The van der Waals surface area contributed by atoms with Gasteiger partial charge in [-0.15, -0.1) is 0 Å². The lowest BCUT2D eigenvalue weighted by Gasteiger charge is -2.05. The zero-order valence-electron chi connectivity index (χ0n) is 6.84. The summed E-state index contributed by atoms with van der Waals surface area (Å²) in [5, 5.41) is -0.116. The summed E-state index contributed by atoms with van der Waals surface area (Å²) in [7, 11) is -0.875. The average molecular weight is 174 g/mol. The molecule has 1 rings (SSSR count). The Bertz CT molecular complexity index is 177. The zero-order valence-corrected chi connectivity index (χ0v) is 7.65. The fourth-order valence-corrected chi connectivity index (χ4v) is 2.93. The minimum atomic E-state index is -0.875. The molecule has 1 aliphatic rings. The quantitative estimate of drug-likeness (QED) is 0.645. The number of carbonyl (C=O) groups is 1. The minimum absolute atomic E-state index is 0.116. The van der Waals surface area contributed by atoms with E-state index in [0.717, 1.165) is 19.3 Å². The van der Waals surface area contributed by atoms with Crippen LogP contribution in [0.2, 0.25) is 0 Å². The first-order valence-corrected chi connectivity index (χ1v) is 5.53. The topological polar surface area (TPSA) is 34.1 Å². The molecular formula is C8H14O2S. The van der Waals surface area contributed by atoms with E-state index < -0.39 is 10.8 Å². The predicted molar refractivity (Wildman–Crippen MR) is 45.9 cm³/mol. The molecule has 11 heavy (non-hydrogen) atoms. The van der Waals surface area contributed by atoms with Crippen LogP contribution in [0.3, 0.4) is 0 Å². The summed E-state index contributed by atoms with van der Waals surface area (Å²) in [5.41, 5.74) is 0. The maximum atomic E-state index is 11.3. The Morgan fingerprint density at radius 1 is 1.64 bits per heavy atom. The molecule has 64 valence electrons. The SMILES string of the molecule is CCCS(=O)C1CCCC1=O. The van der Waals surface area contributed by atoms with Crippen molar-refractivity contribution >= 4 is 16.6 Å². The molecule has 0 aliphatic heterocycles. The van der Waals surface area contributed by atoms with E-state index in [1.54, 1.807) is 0 Å². The van der Waals surface area contributed by atoms with Crippen molar-refractivity contribution in [3.63, 3.8) is 0 Å². The van der Waals surface area contributed by atoms with E-state index in [-0.39, 0.29) is 11.0 Å². The number of carbonyl (C=O) groups excluding carboxylic acids is 1. The lowest BCUT2D eigenvalue weighted by molar-refractivity contribution is -0.117. The van der Waals surface area contributed by atoms with Crippen LogP contribution in [0.5, 0.6) is 0 Å². The fraction of sp³-hybridized carbons (Fsp3) is 0.875.